The van der Waals surface area contributed by atoms with E-state index in [2.05, 4.69) is 41.5 Å². The van der Waals surface area contributed by atoms with E-state index in [1.807, 2.05) is 31.2 Å². The Morgan fingerprint density at radius 3 is 2.16 bits per heavy atom. The number of hydrogen-bond donors (Lipinski definition) is 2. The molecule has 5 rings (SSSR count). The zero-order valence-electron chi connectivity index (χ0n) is 26.1. The second-order valence-corrected chi connectivity index (χ2v) is 10.1. The van der Waals surface area contributed by atoms with Crippen LogP contribution in [0.1, 0.15) is 32.4 Å². The number of hydrogen-bond acceptors (Lipinski definition) is 9. The van der Waals surface area contributed by atoms with Crippen molar-refractivity contribution in [3.8, 4) is 34.4 Å². The Bertz CT molecular complexity index is 1680. The molecule has 230 valence electrons. The first kappa shape index (κ1) is 30.3. The molecule has 0 saturated carbocycles. The van der Waals surface area contributed by atoms with Crippen LogP contribution >= 0.6 is 0 Å². The van der Waals surface area contributed by atoms with Crippen molar-refractivity contribution in [3.63, 3.8) is 0 Å². The van der Waals surface area contributed by atoms with Crippen molar-refractivity contribution in [2.45, 2.75) is 26.8 Å². The van der Waals surface area contributed by atoms with Crippen LogP contribution < -0.4 is 34.5 Å². The molecule has 3 aromatic carbocycles. The molecule has 1 aliphatic heterocycles. The molecule has 1 aliphatic rings. The fraction of sp³-hybridized carbons (Fsp3) is 0.303. The van der Waals surface area contributed by atoms with Gasteiger partial charge in [0.15, 0.2) is 17.3 Å². The molecule has 4 aromatic rings. The molecule has 1 unspecified atom stereocenters. The number of carbonyl (C=O) groups excluding carboxylic acids is 1. The lowest BCUT2D eigenvalue weighted by molar-refractivity contribution is -0.113. The zero-order valence-corrected chi connectivity index (χ0v) is 26.1. The third kappa shape index (κ3) is 5.60. The van der Waals surface area contributed by atoms with E-state index in [1.165, 1.54) is 0 Å². The minimum atomic E-state index is -0.730. The number of anilines is 3. The van der Waals surface area contributed by atoms with Gasteiger partial charge in [0, 0.05) is 41.7 Å². The summed E-state index contributed by atoms with van der Waals surface area (Å²) in [5.74, 6) is 2.68. The van der Waals surface area contributed by atoms with Crippen LogP contribution in [0.5, 0.6) is 23.0 Å². The third-order valence-corrected chi connectivity index (χ3v) is 7.74. The third-order valence-electron chi connectivity index (χ3n) is 7.74. The number of nitrogens with one attached hydrogen (secondary N) is 2. The fourth-order valence-electron chi connectivity index (χ4n) is 5.47. The van der Waals surface area contributed by atoms with Crippen LogP contribution in [0.15, 0.2) is 71.9 Å². The summed E-state index contributed by atoms with van der Waals surface area (Å²) in [6.45, 7) is 7.93. The standard InChI is InChI=1S/C33H38N6O5/c1-8-38(9-2)22-16-14-21(15-17-22)31-36-33-34-20(3)29(32(40)35-24-12-10-11-13-25(24)41-4)30(39(33)37-31)23-18-27(43-6)28(44-7)19-26(23)42-5/h10-19,30H,8-9H2,1-7H3,(H,35,40)(H,34,36,37). The van der Waals surface area contributed by atoms with Gasteiger partial charge in [0.2, 0.25) is 5.95 Å². The molecule has 11 nitrogen and oxygen atoms in total. The molecule has 1 atom stereocenters. The highest BCUT2D eigenvalue weighted by Gasteiger charge is 2.37. The first-order valence-electron chi connectivity index (χ1n) is 14.4. The molecule has 1 aromatic heterocycles. The van der Waals surface area contributed by atoms with E-state index < -0.39 is 6.04 Å². The second kappa shape index (κ2) is 13.0. The van der Waals surface area contributed by atoms with E-state index in [0.717, 1.165) is 24.3 Å². The van der Waals surface area contributed by atoms with Crippen molar-refractivity contribution in [2.24, 2.45) is 0 Å². The van der Waals surface area contributed by atoms with Gasteiger partial charge in [-0.25, -0.2) is 4.68 Å². The van der Waals surface area contributed by atoms with Gasteiger partial charge in [-0.05, 0) is 63.2 Å². The van der Waals surface area contributed by atoms with Gasteiger partial charge < -0.3 is 34.5 Å². The van der Waals surface area contributed by atoms with E-state index in [4.69, 9.17) is 29.0 Å². The Balaban J connectivity index is 1.64. The predicted molar refractivity (Wildman–Crippen MR) is 171 cm³/mol. The molecule has 44 heavy (non-hydrogen) atoms. The quantitative estimate of drug-likeness (QED) is 0.223. The number of ether oxygens (including phenoxy) is 4. The van der Waals surface area contributed by atoms with Crippen LogP contribution in [0.25, 0.3) is 11.4 Å². The predicted octanol–water partition coefficient (Wildman–Crippen LogP) is 5.75. The van der Waals surface area contributed by atoms with E-state index in [-0.39, 0.29) is 5.91 Å². The Morgan fingerprint density at radius 2 is 1.52 bits per heavy atom. The Hall–Kier alpha value is -5.19. The molecule has 0 saturated heterocycles. The van der Waals surface area contributed by atoms with Crippen molar-refractivity contribution in [2.75, 3.05) is 57.1 Å². The number of fused-ring (bicyclic) bond motifs is 1. The second-order valence-electron chi connectivity index (χ2n) is 10.1. The Kier molecular flexibility index (Phi) is 8.94. The number of allylic oxidation sites excluding steroid dienone is 1. The molecule has 1 amide bonds. The number of rotatable bonds is 11. The van der Waals surface area contributed by atoms with Gasteiger partial charge in [-0.3, -0.25) is 4.79 Å². The summed E-state index contributed by atoms with van der Waals surface area (Å²) < 4.78 is 24.2. The average Bonchev–Trinajstić information content (AvgIpc) is 3.48. The maximum Gasteiger partial charge on any atom is 0.255 e. The first-order chi connectivity index (χ1) is 21.4. The van der Waals surface area contributed by atoms with Crippen molar-refractivity contribution in [1.82, 2.24) is 14.8 Å². The topological polar surface area (TPSA) is 112 Å². The van der Waals surface area contributed by atoms with Crippen LogP contribution in [0.4, 0.5) is 17.3 Å². The molecule has 0 spiro atoms. The smallest absolute Gasteiger partial charge is 0.255 e. The van der Waals surface area contributed by atoms with E-state index in [1.54, 1.807) is 57.4 Å². The van der Waals surface area contributed by atoms with Gasteiger partial charge in [0.05, 0.1) is 39.7 Å². The lowest BCUT2D eigenvalue weighted by Gasteiger charge is -2.30. The maximum atomic E-state index is 14.1. The molecule has 2 N–H and O–H groups in total. The van der Waals surface area contributed by atoms with Crippen LogP contribution in [0.2, 0.25) is 0 Å². The summed E-state index contributed by atoms with van der Waals surface area (Å²) in [4.78, 5) is 21.2. The number of nitrogens with zero attached hydrogens (tertiary/aromatic N) is 4. The summed E-state index contributed by atoms with van der Waals surface area (Å²) >= 11 is 0. The van der Waals surface area contributed by atoms with Crippen LogP contribution in [0.3, 0.4) is 0 Å². The Morgan fingerprint density at radius 1 is 0.886 bits per heavy atom. The molecular formula is C33H38N6O5. The molecular weight excluding hydrogens is 560 g/mol. The van der Waals surface area contributed by atoms with E-state index in [9.17, 15) is 4.79 Å². The van der Waals surface area contributed by atoms with E-state index >= 15 is 0 Å². The highest BCUT2D eigenvalue weighted by Crippen LogP contribution is 2.44. The summed E-state index contributed by atoms with van der Waals surface area (Å²) in [6, 6.07) is 18.2. The number of amides is 1. The van der Waals surface area contributed by atoms with Crippen molar-refractivity contribution >= 4 is 23.2 Å². The SMILES string of the molecule is CCN(CC)c1ccc(-c2nc3n(n2)C(c2cc(OC)c(OC)cc2OC)C(C(=O)Nc2ccccc2OC)=C(C)N3)cc1. The molecule has 0 fully saturated rings. The Labute approximate surface area is 257 Å². The van der Waals surface area contributed by atoms with Crippen molar-refractivity contribution in [3.05, 3.63) is 77.5 Å². The zero-order chi connectivity index (χ0) is 31.4. The van der Waals surface area contributed by atoms with Gasteiger partial charge in [-0.1, -0.05) is 12.1 Å². The van der Waals surface area contributed by atoms with Gasteiger partial charge in [-0.2, -0.15) is 4.98 Å². The number of benzene rings is 3. The van der Waals surface area contributed by atoms with Crippen LogP contribution in [0, 0.1) is 0 Å². The monoisotopic (exact) mass is 598 g/mol. The van der Waals surface area contributed by atoms with Crippen LogP contribution in [-0.2, 0) is 4.79 Å². The highest BCUT2D eigenvalue weighted by molar-refractivity contribution is 6.06. The van der Waals surface area contributed by atoms with Gasteiger partial charge in [0.25, 0.3) is 5.91 Å². The maximum absolute atomic E-state index is 14.1. The number of methoxy groups -OCH3 is 4. The molecule has 2 heterocycles. The molecule has 0 aliphatic carbocycles. The molecule has 0 bridgehead atoms. The first-order valence-corrected chi connectivity index (χ1v) is 14.4. The largest absolute Gasteiger partial charge is 0.496 e. The van der Waals surface area contributed by atoms with Crippen molar-refractivity contribution in [1.29, 1.82) is 0 Å². The normalized spacial score (nSPS) is 13.9. The minimum Gasteiger partial charge on any atom is -0.496 e. The number of aromatic nitrogens is 3. The van der Waals surface area contributed by atoms with E-state index in [0.29, 0.717) is 57.3 Å². The highest BCUT2D eigenvalue weighted by atomic mass is 16.5. The van der Waals surface area contributed by atoms with Gasteiger partial charge in [-0.15, -0.1) is 5.10 Å². The summed E-state index contributed by atoms with van der Waals surface area (Å²) in [6.07, 6.45) is 0. The minimum absolute atomic E-state index is 0.340. The molecule has 0 radical (unpaired) electrons. The van der Waals surface area contributed by atoms with Crippen molar-refractivity contribution < 1.29 is 23.7 Å². The number of carbonyl (C=O) groups is 1. The van der Waals surface area contributed by atoms with Gasteiger partial charge in [0.1, 0.15) is 17.5 Å². The molecule has 11 heteroatoms. The summed E-state index contributed by atoms with van der Waals surface area (Å²) in [7, 11) is 6.26. The fourth-order valence-corrected chi connectivity index (χ4v) is 5.47. The summed E-state index contributed by atoms with van der Waals surface area (Å²) in [5, 5.41) is 11.3. The van der Waals surface area contributed by atoms with Crippen LogP contribution in [-0.4, -0.2) is 62.2 Å². The lowest BCUT2D eigenvalue weighted by Crippen LogP contribution is -2.32. The summed E-state index contributed by atoms with van der Waals surface area (Å²) in [5.41, 5.74) is 4.19. The van der Waals surface area contributed by atoms with Gasteiger partial charge >= 0.3 is 0 Å². The average molecular weight is 599 g/mol. The number of para-hydroxylation sites is 2. The lowest BCUT2D eigenvalue weighted by atomic mass is 9.93.